The van der Waals surface area contributed by atoms with Gasteiger partial charge in [0.2, 0.25) is 0 Å². The van der Waals surface area contributed by atoms with E-state index in [9.17, 15) is 0 Å². The van der Waals surface area contributed by atoms with E-state index in [-0.39, 0.29) is 6.10 Å². The van der Waals surface area contributed by atoms with Gasteiger partial charge in [-0.2, -0.15) is 5.10 Å². The molecule has 0 radical (unpaired) electrons. The van der Waals surface area contributed by atoms with Crippen LogP contribution in [0.5, 0.6) is 0 Å². The summed E-state index contributed by atoms with van der Waals surface area (Å²) in [5.74, 6) is 2.01. The van der Waals surface area contributed by atoms with Crippen LogP contribution in [0.25, 0.3) is 11.0 Å². The normalized spacial score (nSPS) is 13.0. The lowest BCUT2D eigenvalue weighted by Crippen LogP contribution is -2.16. The SMILES string of the molecule is CCCNc1nc(COC(C)C(C)C)nc2c1cnn2C. The van der Waals surface area contributed by atoms with Crippen LogP contribution in [0.15, 0.2) is 6.20 Å². The average Bonchev–Trinajstić information content (AvgIpc) is 2.84. The number of hydrogen-bond donors (Lipinski definition) is 1. The van der Waals surface area contributed by atoms with Crippen molar-refractivity contribution in [1.29, 1.82) is 0 Å². The van der Waals surface area contributed by atoms with Crippen LogP contribution in [0.1, 0.15) is 39.9 Å². The number of anilines is 1. The quantitative estimate of drug-likeness (QED) is 0.849. The maximum Gasteiger partial charge on any atom is 0.163 e. The number of aryl methyl sites for hydroxylation is 1. The zero-order valence-electron chi connectivity index (χ0n) is 13.6. The standard InChI is InChI=1S/C15H25N5O/c1-6-7-16-14-12-8-17-20(5)15(12)19-13(18-14)9-21-11(4)10(2)3/h8,10-11H,6-7,9H2,1-5H3,(H,16,18,19). The molecule has 6 nitrogen and oxygen atoms in total. The highest BCUT2D eigenvalue weighted by atomic mass is 16.5. The first-order valence-corrected chi connectivity index (χ1v) is 7.57. The van der Waals surface area contributed by atoms with Gasteiger partial charge in [-0.25, -0.2) is 9.97 Å². The highest BCUT2D eigenvalue weighted by Crippen LogP contribution is 2.20. The van der Waals surface area contributed by atoms with E-state index in [4.69, 9.17) is 4.74 Å². The number of nitrogens with zero attached hydrogens (tertiary/aromatic N) is 4. The molecule has 2 heterocycles. The Balaban J connectivity index is 2.25. The number of hydrogen-bond acceptors (Lipinski definition) is 5. The fraction of sp³-hybridized carbons (Fsp3) is 0.667. The number of fused-ring (bicyclic) bond motifs is 1. The maximum absolute atomic E-state index is 5.83. The molecular formula is C15H25N5O. The Labute approximate surface area is 125 Å². The van der Waals surface area contributed by atoms with Crippen LogP contribution in [0.2, 0.25) is 0 Å². The smallest absolute Gasteiger partial charge is 0.163 e. The summed E-state index contributed by atoms with van der Waals surface area (Å²) in [7, 11) is 1.89. The zero-order chi connectivity index (χ0) is 15.4. The van der Waals surface area contributed by atoms with Crippen LogP contribution in [0.4, 0.5) is 5.82 Å². The third-order valence-corrected chi connectivity index (χ3v) is 3.60. The first-order chi connectivity index (χ1) is 10.0. The van der Waals surface area contributed by atoms with Crippen molar-refractivity contribution < 1.29 is 4.74 Å². The molecule has 2 aromatic rings. The highest BCUT2D eigenvalue weighted by molar-refractivity contribution is 5.86. The molecule has 1 N–H and O–H groups in total. The van der Waals surface area contributed by atoms with E-state index in [0.717, 1.165) is 29.8 Å². The van der Waals surface area contributed by atoms with Crippen molar-refractivity contribution in [1.82, 2.24) is 19.7 Å². The van der Waals surface area contributed by atoms with Gasteiger partial charge in [0.05, 0.1) is 17.7 Å². The van der Waals surface area contributed by atoms with Gasteiger partial charge < -0.3 is 10.1 Å². The minimum absolute atomic E-state index is 0.183. The molecule has 6 heteroatoms. The van der Waals surface area contributed by atoms with Crippen molar-refractivity contribution in [3.8, 4) is 0 Å². The third kappa shape index (κ3) is 3.69. The van der Waals surface area contributed by atoms with Gasteiger partial charge in [-0.3, -0.25) is 4.68 Å². The lowest BCUT2D eigenvalue weighted by atomic mass is 10.1. The zero-order valence-corrected chi connectivity index (χ0v) is 13.6. The molecule has 0 aliphatic rings. The lowest BCUT2D eigenvalue weighted by Gasteiger charge is -2.16. The number of ether oxygens (including phenoxy) is 1. The van der Waals surface area contributed by atoms with Crippen LogP contribution in [0, 0.1) is 5.92 Å². The van der Waals surface area contributed by atoms with E-state index in [1.165, 1.54) is 0 Å². The molecule has 2 aromatic heterocycles. The molecule has 21 heavy (non-hydrogen) atoms. The van der Waals surface area contributed by atoms with E-state index >= 15 is 0 Å². The minimum Gasteiger partial charge on any atom is -0.370 e. The topological polar surface area (TPSA) is 64.9 Å². The van der Waals surface area contributed by atoms with Gasteiger partial charge in [0.1, 0.15) is 12.4 Å². The maximum atomic E-state index is 5.83. The summed E-state index contributed by atoms with van der Waals surface area (Å²) in [5, 5.41) is 8.55. The van der Waals surface area contributed by atoms with Crippen molar-refractivity contribution in [3.63, 3.8) is 0 Å². The molecule has 1 unspecified atom stereocenters. The Kier molecular flexibility index (Phi) is 5.12. The number of aromatic nitrogens is 4. The molecular weight excluding hydrogens is 266 g/mol. The predicted molar refractivity (Wildman–Crippen MR) is 84.2 cm³/mol. The molecule has 0 saturated carbocycles. The molecule has 1 atom stereocenters. The monoisotopic (exact) mass is 291 g/mol. The van der Waals surface area contributed by atoms with Gasteiger partial charge >= 0.3 is 0 Å². The average molecular weight is 291 g/mol. The third-order valence-electron chi connectivity index (χ3n) is 3.60. The van der Waals surface area contributed by atoms with Crippen molar-refractivity contribution >= 4 is 16.9 Å². The van der Waals surface area contributed by atoms with Crippen LogP contribution < -0.4 is 5.32 Å². The number of rotatable bonds is 7. The van der Waals surface area contributed by atoms with E-state index in [1.54, 1.807) is 10.9 Å². The Morgan fingerprint density at radius 2 is 2.05 bits per heavy atom. The van der Waals surface area contributed by atoms with E-state index < -0.39 is 0 Å². The van der Waals surface area contributed by atoms with E-state index in [1.807, 2.05) is 7.05 Å². The van der Waals surface area contributed by atoms with Gasteiger partial charge in [0.25, 0.3) is 0 Å². The van der Waals surface area contributed by atoms with E-state index in [0.29, 0.717) is 18.3 Å². The minimum atomic E-state index is 0.183. The molecule has 2 rings (SSSR count). The van der Waals surface area contributed by atoms with Crippen molar-refractivity contribution in [2.45, 2.75) is 46.8 Å². The molecule has 0 bridgehead atoms. The van der Waals surface area contributed by atoms with Crippen LogP contribution in [-0.2, 0) is 18.4 Å². The van der Waals surface area contributed by atoms with Crippen molar-refractivity contribution in [2.75, 3.05) is 11.9 Å². The Bertz CT molecular complexity index is 593. The van der Waals surface area contributed by atoms with E-state index in [2.05, 4.69) is 48.1 Å². The van der Waals surface area contributed by atoms with Gasteiger partial charge in [-0.15, -0.1) is 0 Å². The second-order valence-electron chi connectivity index (χ2n) is 5.68. The van der Waals surface area contributed by atoms with Crippen LogP contribution in [-0.4, -0.2) is 32.4 Å². The molecule has 0 aromatic carbocycles. The molecule has 116 valence electrons. The second kappa shape index (κ2) is 6.85. The van der Waals surface area contributed by atoms with Crippen molar-refractivity contribution in [2.24, 2.45) is 13.0 Å². The molecule has 0 saturated heterocycles. The first-order valence-electron chi connectivity index (χ1n) is 7.57. The van der Waals surface area contributed by atoms with Gasteiger partial charge in [-0.1, -0.05) is 20.8 Å². The second-order valence-corrected chi connectivity index (χ2v) is 5.68. The van der Waals surface area contributed by atoms with Crippen LogP contribution in [0.3, 0.4) is 0 Å². The molecule has 0 aliphatic heterocycles. The Hall–Kier alpha value is -1.69. The Morgan fingerprint density at radius 3 is 2.71 bits per heavy atom. The van der Waals surface area contributed by atoms with Gasteiger partial charge in [0.15, 0.2) is 11.5 Å². The summed E-state index contributed by atoms with van der Waals surface area (Å²) in [5.41, 5.74) is 0.833. The number of nitrogens with one attached hydrogen (secondary N) is 1. The lowest BCUT2D eigenvalue weighted by molar-refractivity contribution is 0.0201. The Morgan fingerprint density at radius 1 is 1.29 bits per heavy atom. The first kappa shape index (κ1) is 15.7. The molecule has 0 amide bonds. The van der Waals surface area contributed by atoms with Crippen LogP contribution >= 0.6 is 0 Å². The molecule has 0 spiro atoms. The van der Waals surface area contributed by atoms with Gasteiger partial charge in [0, 0.05) is 13.6 Å². The summed E-state index contributed by atoms with van der Waals surface area (Å²) in [6, 6.07) is 0. The predicted octanol–water partition coefficient (Wildman–Crippen LogP) is 2.75. The summed E-state index contributed by atoms with van der Waals surface area (Å²) >= 11 is 0. The summed E-state index contributed by atoms with van der Waals surface area (Å²) in [4.78, 5) is 9.14. The highest BCUT2D eigenvalue weighted by Gasteiger charge is 2.13. The molecule has 0 aliphatic carbocycles. The van der Waals surface area contributed by atoms with Crippen molar-refractivity contribution in [3.05, 3.63) is 12.0 Å². The van der Waals surface area contributed by atoms with Gasteiger partial charge in [-0.05, 0) is 19.3 Å². The summed E-state index contributed by atoms with van der Waals surface area (Å²) in [6.07, 6.45) is 3.03. The fourth-order valence-corrected chi connectivity index (χ4v) is 1.91. The fourth-order valence-electron chi connectivity index (χ4n) is 1.91. The summed E-state index contributed by atoms with van der Waals surface area (Å²) < 4.78 is 7.60. The molecule has 0 fully saturated rings. The largest absolute Gasteiger partial charge is 0.370 e. The summed E-state index contributed by atoms with van der Waals surface area (Å²) in [6.45, 7) is 9.78.